The van der Waals surface area contributed by atoms with E-state index in [1.54, 1.807) is 11.3 Å². The van der Waals surface area contributed by atoms with Crippen LogP contribution in [0.1, 0.15) is 12.6 Å². The van der Waals surface area contributed by atoms with Gasteiger partial charge < -0.3 is 10.5 Å². The standard InChI is InChI=1S/C12H14N2OS/c1-2-15-11-5-3-4-9(6-11)12-14-10(7-13)8-16-12/h3-6,8H,2,7,13H2,1H3. The van der Waals surface area contributed by atoms with Gasteiger partial charge in [-0.25, -0.2) is 4.98 Å². The zero-order valence-electron chi connectivity index (χ0n) is 9.14. The summed E-state index contributed by atoms with van der Waals surface area (Å²) in [6, 6.07) is 7.96. The molecule has 16 heavy (non-hydrogen) atoms. The Morgan fingerprint density at radius 1 is 1.44 bits per heavy atom. The molecular weight excluding hydrogens is 220 g/mol. The fraction of sp³-hybridized carbons (Fsp3) is 0.250. The zero-order valence-corrected chi connectivity index (χ0v) is 9.96. The van der Waals surface area contributed by atoms with Gasteiger partial charge in [0.25, 0.3) is 0 Å². The summed E-state index contributed by atoms with van der Waals surface area (Å²) >= 11 is 1.61. The average Bonchev–Trinajstić information content (AvgIpc) is 2.78. The average molecular weight is 234 g/mol. The molecule has 0 amide bonds. The van der Waals surface area contributed by atoms with E-state index in [4.69, 9.17) is 10.5 Å². The molecule has 3 nitrogen and oxygen atoms in total. The number of aromatic nitrogens is 1. The first-order valence-electron chi connectivity index (χ1n) is 5.21. The summed E-state index contributed by atoms with van der Waals surface area (Å²) in [5, 5.41) is 2.98. The topological polar surface area (TPSA) is 48.1 Å². The van der Waals surface area contributed by atoms with Crippen LogP contribution in [-0.4, -0.2) is 11.6 Å². The van der Waals surface area contributed by atoms with Gasteiger partial charge in [0, 0.05) is 17.5 Å². The Kier molecular flexibility index (Phi) is 3.54. The van der Waals surface area contributed by atoms with E-state index in [2.05, 4.69) is 4.98 Å². The third-order valence-electron chi connectivity index (χ3n) is 2.15. The summed E-state index contributed by atoms with van der Waals surface area (Å²) in [5.74, 6) is 0.879. The molecule has 0 radical (unpaired) electrons. The van der Waals surface area contributed by atoms with Crippen LogP contribution < -0.4 is 10.5 Å². The maximum absolute atomic E-state index is 5.54. The van der Waals surface area contributed by atoms with Gasteiger partial charge in [-0.3, -0.25) is 0 Å². The molecule has 84 valence electrons. The third-order valence-corrected chi connectivity index (χ3v) is 3.09. The first-order chi connectivity index (χ1) is 7.83. The van der Waals surface area contributed by atoms with Crippen LogP contribution in [-0.2, 0) is 6.54 Å². The number of ether oxygens (including phenoxy) is 1. The Morgan fingerprint density at radius 3 is 3.00 bits per heavy atom. The highest BCUT2D eigenvalue weighted by Crippen LogP contribution is 2.26. The zero-order chi connectivity index (χ0) is 11.4. The van der Waals surface area contributed by atoms with Crippen LogP contribution in [0.2, 0.25) is 0 Å². The maximum atomic E-state index is 5.54. The minimum atomic E-state index is 0.488. The van der Waals surface area contributed by atoms with Crippen LogP contribution in [0, 0.1) is 0 Å². The molecule has 1 heterocycles. The Labute approximate surface area is 98.9 Å². The normalized spacial score (nSPS) is 10.4. The Hall–Kier alpha value is -1.39. The van der Waals surface area contributed by atoms with Gasteiger partial charge in [0.05, 0.1) is 12.3 Å². The van der Waals surface area contributed by atoms with Crippen LogP contribution in [0.3, 0.4) is 0 Å². The second kappa shape index (κ2) is 5.09. The molecule has 0 aliphatic heterocycles. The smallest absolute Gasteiger partial charge is 0.123 e. The van der Waals surface area contributed by atoms with E-state index in [0.717, 1.165) is 22.0 Å². The van der Waals surface area contributed by atoms with Crippen LogP contribution >= 0.6 is 11.3 Å². The van der Waals surface area contributed by atoms with Gasteiger partial charge in [-0.1, -0.05) is 12.1 Å². The SMILES string of the molecule is CCOc1cccc(-c2nc(CN)cs2)c1. The lowest BCUT2D eigenvalue weighted by molar-refractivity contribution is 0.340. The first kappa shape index (κ1) is 11.1. The highest BCUT2D eigenvalue weighted by molar-refractivity contribution is 7.13. The van der Waals surface area contributed by atoms with Crippen molar-refractivity contribution in [1.29, 1.82) is 0 Å². The van der Waals surface area contributed by atoms with E-state index in [1.807, 2.05) is 36.6 Å². The highest BCUT2D eigenvalue weighted by Gasteiger charge is 2.04. The monoisotopic (exact) mass is 234 g/mol. The van der Waals surface area contributed by atoms with Crippen molar-refractivity contribution in [3.63, 3.8) is 0 Å². The van der Waals surface area contributed by atoms with Gasteiger partial charge >= 0.3 is 0 Å². The molecule has 2 N–H and O–H groups in total. The Morgan fingerprint density at radius 2 is 2.31 bits per heavy atom. The van der Waals surface area contributed by atoms with Crippen molar-refractivity contribution < 1.29 is 4.74 Å². The molecule has 0 spiro atoms. The molecular formula is C12H14N2OS. The Bertz CT molecular complexity index is 468. The van der Waals surface area contributed by atoms with Crippen LogP contribution in [0.5, 0.6) is 5.75 Å². The summed E-state index contributed by atoms with van der Waals surface area (Å²) < 4.78 is 5.45. The third kappa shape index (κ3) is 2.40. The van der Waals surface area contributed by atoms with Crippen molar-refractivity contribution in [1.82, 2.24) is 4.98 Å². The van der Waals surface area contributed by atoms with E-state index in [1.165, 1.54) is 0 Å². The molecule has 4 heteroatoms. The molecule has 0 unspecified atom stereocenters. The lowest BCUT2D eigenvalue weighted by atomic mass is 10.2. The summed E-state index contributed by atoms with van der Waals surface area (Å²) in [7, 11) is 0. The van der Waals surface area contributed by atoms with E-state index in [0.29, 0.717) is 13.2 Å². The summed E-state index contributed by atoms with van der Waals surface area (Å²) in [4.78, 5) is 4.44. The number of nitrogens with two attached hydrogens (primary N) is 1. The van der Waals surface area contributed by atoms with Crippen molar-refractivity contribution in [3.05, 3.63) is 35.3 Å². The number of nitrogens with zero attached hydrogens (tertiary/aromatic N) is 1. The lowest BCUT2D eigenvalue weighted by Gasteiger charge is -2.03. The number of thiazole rings is 1. The molecule has 0 aliphatic carbocycles. The molecule has 1 aromatic heterocycles. The van der Waals surface area contributed by atoms with Gasteiger partial charge in [0.1, 0.15) is 10.8 Å². The van der Waals surface area contributed by atoms with Crippen molar-refractivity contribution in [2.45, 2.75) is 13.5 Å². The maximum Gasteiger partial charge on any atom is 0.123 e. The molecule has 0 aliphatic rings. The second-order valence-corrected chi connectivity index (χ2v) is 4.17. The van der Waals surface area contributed by atoms with Gasteiger partial charge in [-0.15, -0.1) is 11.3 Å². The van der Waals surface area contributed by atoms with Crippen LogP contribution in [0.15, 0.2) is 29.6 Å². The minimum absolute atomic E-state index is 0.488. The van der Waals surface area contributed by atoms with Gasteiger partial charge in [0.15, 0.2) is 0 Å². The molecule has 2 aromatic rings. The van der Waals surface area contributed by atoms with E-state index in [-0.39, 0.29) is 0 Å². The van der Waals surface area contributed by atoms with Crippen molar-refractivity contribution in [2.24, 2.45) is 5.73 Å². The predicted molar refractivity (Wildman–Crippen MR) is 66.6 cm³/mol. The molecule has 0 fully saturated rings. The fourth-order valence-corrected chi connectivity index (χ4v) is 2.25. The van der Waals surface area contributed by atoms with E-state index < -0.39 is 0 Å². The molecule has 0 bridgehead atoms. The van der Waals surface area contributed by atoms with Crippen molar-refractivity contribution in [2.75, 3.05) is 6.61 Å². The Balaban J connectivity index is 2.28. The van der Waals surface area contributed by atoms with Crippen molar-refractivity contribution in [3.8, 4) is 16.3 Å². The predicted octanol–water partition coefficient (Wildman–Crippen LogP) is 2.67. The van der Waals surface area contributed by atoms with Crippen molar-refractivity contribution >= 4 is 11.3 Å². The van der Waals surface area contributed by atoms with Crippen LogP contribution in [0.25, 0.3) is 10.6 Å². The minimum Gasteiger partial charge on any atom is -0.494 e. The summed E-state index contributed by atoms with van der Waals surface area (Å²) in [6.07, 6.45) is 0. The highest BCUT2D eigenvalue weighted by atomic mass is 32.1. The molecule has 0 saturated heterocycles. The van der Waals surface area contributed by atoms with Gasteiger partial charge in [0.2, 0.25) is 0 Å². The second-order valence-electron chi connectivity index (χ2n) is 3.31. The molecule has 0 saturated carbocycles. The van der Waals surface area contributed by atoms with E-state index >= 15 is 0 Å². The first-order valence-corrected chi connectivity index (χ1v) is 6.09. The van der Waals surface area contributed by atoms with Crippen LogP contribution in [0.4, 0.5) is 0 Å². The summed E-state index contributed by atoms with van der Waals surface area (Å²) in [5.41, 5.74) is 7.55. The summed E-state index contributed by atoms with van der Waals surface area (Å²) in [6.45, 7) is 3.14. The molecule has 0 atom stereocenters. The lowest BCUT2D eigenvalue weighted by Crippen LogP contribution is -1.95. The fourth-order valence-electron chi connectivity index (χ4n) is 1.42. The quantitative estimate of drug-likeness (QED) is 0.884. The van der Waals surface area contributed by atoms with E-state index in [9.17, 15) is 0 Å². The molecule has 1 aromatic carbocycles. The number of hydrogen-bond donors (Lipinski definition) is 1. The number of rotatable bonds is 4. The number of benzene rings is 1. The van der Waals surface area contributed by atoms with Gasteiger partial charge in [-0.05, 0) is 19.1 Å². The largest absolute Gasteiger partial charge is 0.494 e. The molecule has 2 rings (SSSR count). The number of hydrogen-bond acceptors (Lipinski definition) is 4. The van der Waals surface area contributed by atoms with Gasteiger partial charge in [-0.2, -0.15) is 0 Å².